The minimum Gasteiger partial charge on any atom is -0.479 e. The molecule has 0 rings (SSSR count). The van der Waals surface area contributed by atoms with E-state index in [1.165, 1.54) is 0 Å². The van der Waals surface area contributed by atoms with Crippen molar-refractivity contribution in [1.82, 2.24) is 0 Å². The predicted molar refractivity (Wildman–Crippen MR) is 31.9 cm³/mol. The zero-order chi connectivity index (χ0) is 9.23. The van der Waals surface area contributed by atoms with Gasteiger partial charge in [0.15, 0.2) is 11.7 Å². The highest BCUT2D eigenvalue weighted by atomic mass is 16.4. The first-order chi connectivity index (χ1) is 4.80. The van der Waals surface area contributed by atoms with Crippen LogP contribution in [-0.4, -0.2) is 44.1 Å². The monoisotopic (exact) mass is 164 g/mol. The lowest BCUT2D eigenvalue weighted by molar-refractivity contribution is -0.180. The van der Waals surface area contributed by atoms with Gasteiger partial charge in [-0.3, -0.25) is 0 Å². The van der Waals surface area contributed by atoms with E-state index < -0.39 is 23.6 Å². The first kappa shape index (κ1) is 9.86. The molecule has 4 N–H and O–H groups in total. The Morgan fingerprint density at radius 3 is 1.82 bits per heavy atom. The van der Waals surface area contributed by atoms with E-state index in [4.69, 9.17) is 20.4 Å². The highest BCUT2D eigenvalue weighted by Gasteiger charge is 2.43. The van der Waals surface area contributed by atoms with Crippen LogP contribution >= 0.6 is 0 Å². The van der Waals surface area contributed by atoms with Crippen LogP contribution in [0.1, 0.15) is 6.92 Å². The van der Waals surface area contributed by atoms with Crippen molar-refractivity contribution < 1.29 is 30.0 Å². The summed E-state index contributed by atoms with van der Waals surface area (Å²) in [6.07, 6.45) is -2.32. The molecule has 0 unspecified atom stereocenters. The fraction of sp³-hybridized carbons (Fsp3) is 0.600. The van der Waals surface area contributed by atoms with Crippen LogP contribution in [0.2, 0.25) is 0 Å². The molecule has 0 amide bonds. The van der Waals surface area contributed by atoms with Crippen LogP contribution in [0.15, 0.2) is 0 Å². The number of aliphatic hydroxyl groups is 2. The first-order valence-corrected chi connectivity index (χ1v) is 2.66. The molecule has 0 fully saturated rings. The molecule has 0 saturated carbocycles. The summed E-state index contributed by atoms with van der Waals surface area (Å²) in [6.45, 7) is 0.703. The Balaban J connectivity index is 4.55. The minimum atomic E-state index is -2.65. The zero-order valence-corrected chi connectivity index (χ0v) is 5.68. The molecule has 0 aromatic heterocycles. The van der Waals surface area contributed by atoms with Crippen LogP contribution < -0.4 is 0 Å². The van der Waals surface area contributed by atoms with Crippen molar-refractivity contribution in [1.29, 1.82) is 0 Å². The molecular weight excluding hydrogens is 156 g/mol. The van der Waals surface area contributed by atoms with Gasteiger partial charge in [0.2, 0.25) is 0 Å². The fourth-order valence-corrected chi connectivity index (χ4v) is 0.357. The summed E-state index contributed by atoms with van der Waals surface area (Å²) in [5, 5.41) is 33.7. The van der Waals surface area contributed by atoms with Gasteiger partial charge in [0.05, 0.1) is 0 Å². The molecule has 0 spiro atoms. The molecule has 6 heteroatoms. The van der Waals surface area contributed by atoms with Crippen LogP contribution in [0.4, 0.5) is 0 Å². The molecule has 64 valence electrons. The SMILES string of the molecule is C[C@](O)(C(=O)O)[C@H](O)C(=O)O. The zero-order valence-electron chi connectivity index (χ0n) is 5.68. The smallest absolute Gasteiger partial charge is 0.338 e. The number of rotatable bonds is 3. The maximum absolute atomic E-state index is 10.1. The van der Waals surface area contributed by atoms with E-state index in [1.807, 2.05) is 0 Å². The Bertz CT molecular complexity index is 183. The van der Waals surface area contributed by atoms with Gasteiger partial charge in [-0.25, -0.2) is 9.59 Å². The molecule has 0 aliphatic rings. The maximum Gasteiger partial charge on any atom is 0.338 e. The molecular formula is C5H8O6. The van der Waals surface area contributed by atoms with Gasteiger partial charge in [0.1, 0.15) is 0 Å². The molecule has 0 aliphatic heterocycles. The molecule has 0 radical (unpaired) electrons. The number of carbonyl (C=O) groups is 2. The molecule has 0 aliphatic carbocycles. The molecule has 0 saturated heterocycles. The van der Waals surface area contributed by atoms with E-state index in [-0.39, 0.29) is 0 Å². The lowest BCUT2D eigenvalue weighted by Gasteiger charge is -2.20. The lowest BCUT2D eigenvalue weighted by Crippen LogP contribution is -2.50. The van der Waals surface area contributed by atoms with Gasteiger partial charge in [-0.15, -0.1) is 0 Å². The van der Waals surface area contributed by atoms with Gasteiger partial charge in [-0.05, 0) is 6.92 Å². The van der Waals surface area contributed by atoms with Crippen LogP contribution in [0.25, 0.3) is 0 Å². The molecule has 0 heterocycles. The predicted octanol–water partition coefficient (Wildman–Crippen LogP) is -1.73. The Morgan fingerprint density at radius 1 is 1.36 bits per heavy atom. The van der Waals surface area contributed by atoms with E-state index in [0.29, 0.717) is 6.92 Å². The number of carboxylic acid groups (broad SMARTS) is 2. The van der Waals surface area contributed by atoms with E-state index >= 15 is 0 Å². The second-order valence-corrected chi connectivity index (χ2v) is 2.19. The number of aliphatic hydroxyl groups excluding tert-OH is 1. The maximum atomic E-state index is 10.1. The van der Waals surface area contributed by atoms with E-state index in [9.17, 15) is 9.59 Å². The fourth-order valence-electron chi connectivity index (χ4n) is 0.357. The summed E-state index contributed by atoms with van der Waals surface area (Å²) in [5.41, 5.74) is -2.65. The quantitative estimate of drug-likeness (QED) is 0.394. The van der Waals surface area contributed by atoms with Crippen LogP contribution in [0.3, 0.4) is 0 Å². The lowest BCUT2D eigenvalue weighted by atomic mass is 10.00. The number of hydrogen-bond acceptors (Lipinski definition) is 4. The second kappa shape index (κ2) is 2.85. The molecule has 11 heavy (non-hydrogen) atoms. The minimum absolute atomic E-state index is 0.703. The van der Waals surface area contributed by atoms with Gasteiger partial charge in [-0.1, -0.05) is 0 Å². The van der Waals surface area contributed by atoms with Gasteiger partial charge in [-0.2, -0.15) is 0 Å². The summed E-state index contributed by atoms with van der Waals surface area (Å²) in [6, 6.07) is 0. The van der Waals surface area contributed by atoms with E-state index in [1.54, 1.807) is 0 Å². The van der Waals surface area contributed by atoms with Crippen molar-refractivity contribution in [2.75, 3.05) is 0 Å². The van der Waals surface area contributed by atoms with Crippen LogP contribution in [0, 0.1) is 0 Å². The molecule has 2 atom stereocenters. The summed E-state index contributed by atoms with van der Waals surface area (Å²) in [4.78, 5) is 20.1. The van der Waals surface area contributed by atoms with Crippen molar-refractivity contribution in [2.45, 2.75) is 18.6 Å². The van der Waals surface area contributed by atoms with Crippen molar-refractivity contribution in [2.24, 2.45) is 0 Å². The van der Waals surface area contributed by atoms with Gasteiger partial charge in [0.25, 0.3) is 0 Å². The standard InChI is InChI=1S/C5H8O6/c1-5(11,4(9)10)2(6)3(7)8/h2,6,11H,1H3,(H,7,8)(H,9,10)/t2-,5-/m1/s1. The second-order valence-electron chi connectivity index (χ2n) is 2.19. The Morgan fingerprint density at radius 2 is 1.73 bits per heavy atom. The third-order valence-corrected chi connectivity index (χ3v) is 1.20. The number of aliphatic carboxylic acids is 2. The molecule has 0 aromatic carbocycles. The Kier molecular flexibility index (Phi) is 2.55. The highest BCUT2D eigenvalue weighted by molar-refractivity contribution is 5.86. The Labute approximate surface area is 61.7 Å². The van der Waals surface area contributed by atoms with E-state index in [0.717, 1.165) is 0 Å². The van der Waals surface area contributed by atoms with E-state index in [2.05, 4.69) is 0 Å². The highest BCUT2D eigenvalue weighted by Crippen LogP contribution is 2.09. The number of hydrogen-bond donors (Lipinski definition) is 4. The first-order valence-electron chi connectivity index (χ1n) is 2.66. The normalized spacial score (nSPS) is 18.5. The average molecular weight is 164 g/mol. The average Bonchev–Trinajstić information content (AvgIpc) is 1.85. The molecule has 6 nitrogen and oxygen atoms in total. The third-order valence-electron chi connectivity index (χ3n) is 1.20. The third kappa shape index (κ3) is 1.89. The summed E-state index contributed by atoms with van der Waals surface area (Å²) >= 11 is 0. The van der Waals surface area contributed by atoms with Gasteiger partial charge < -0.3 is 20.4 Å². The summed E-state index contributed by atoms with van der Waals surface area (Å²) in [7, 11) is 0. The number of carboxylic acids is 2. The summed E-state index contributed by atoms with van der Waals surface area (Å²) < 4.78 is 0. The van der Waals surface area contributed by atoms with Crippen LogP contribution in [-0.2, 0) is 9.59 Å². The van der Waals surface area contributed by atoms with Crippen molar-refractivity contribution in [3.8, 4) is 0 Å². The molecule has 0 bridgehead atoms. The van der Waals surface area contributed by atoms with Crippen molar-refractivity contribution in [3.63, 3.8) is 0 Å². The van der Waals surface area contributed by atoms with Gasteiger partial charge in [0, 0.05) is 0 Å². The molecule has 0 aromatic rings. The van der Waals surface area contributed by atoms with Crippen molar-refractivity contribution >= 4 is 11.9 Å². The summed E-state index contributed by atoms with van der Waals surface area (Å²) in [5.74, 6) is -3.56. The largest absolute Gasteiger partial charge is 0.479 e. The van der Waals surface area contributed by atoms with Crippen molar-refractivity contribution in [3.05, 3.63) is 0 Å². The van der Waals surface area contributed by atoms with Crippen LogP contribution in [0.5, 0.6) is 0 Å². The topological polar surface area (TPSA) is 115 Å². The Hall–Kier alpha value is -1.14. The van der Waals surface area contributed by atoms with Gasteiger partial charge >= 0.3 is 11.9 Å².